The summed E-state index contributed by atoms with van der Waals surface area (Å²) < 4.78 is 5.95. The van der Waals surface area contributed by atoms with Gasteiger partial charge in [0.2, 0.25) is 5.91 Å². The molecule has 1 saturated heterocycles. The van der Waals surface area contributed by atoms with Crippen molar-refractivity contribution in [2.75, 3.05) is 31.7 Å². The number of nitrogens with zero attached hydrogens (tertiary/aromatic N) is 1. The van der Waals surface area contributed by atoms with Crippen LogP contribution in [-0.2, 0) is 9.59 Å². The van der Waals surface area contributed by atoms with E-state index in [4.69, 9.17) is 10.5 Å². The zero-order valence-corrected chi connectivity index (χ0v) is 14.1. The molecule has 120 valence electrons. The topological polar surface area (TPSA) is 72.6 Å². The third-order valence-electron chi connectivity index (χ3n) is 3.16. The SMILES string of the molecule is CN(CC(N)=O)C(=O)COc1ccc(C2SCCCS2)cc1. The van der Waals surface area contributed by atoms with Gasteiger partial charge in [-0.05, 0) is 35.6 Å². The van der Waals surface area contributed by atoms with Crippen LogP contribution in [0.1, 0.15) is 16.6 Å². The van der Waals surface area contributed by atoms with E-state index in [1.807, 2.05) is 47.8 Å². The fourth-order valence-corrected chi connectivity index (χ4v) is 4.87. The fraction of sp³-hybridized carbons (Fsp3) is 0.467. The lowest BCUT2D eigenvalue weighted by atomic mass is 10.2. The van der Waals surface area contributed by atoms with Gasteiger partial charge in [-0.1, -0.05) is 12.1 Å². The molecule has 1 aliphatic rings. The van der Waals surface area contributed by atoms with E-state index in [1.54, 1.807) is 0 Å². The number of amides is 2. The Morgan fingerprint density at radius 2 is 1.91 bits per heavy atom. The van der Waals surface area contributed by atoms with Crippen LogP contribution in [0.3, 0.4) is 0 Å². The maximum absolute atomic E-state index is 11.8. The molecular formula is C15H20N2O3S2. The van der Waals surface area contributed by atoms with E-state index in [0.29, 0.717) is 10.3 Å². The van der Waals surface area contributed by atoms with Crippen LogP contribution in [-0.4, -0.2) is 48.4 Å². The van der Waals surface area contributed by atoms with E-state index < -0.39 is 5.91 Å². The summed E-state index contributed by atoms with van der Waals surface area (Å²) in [6, 6.07) is 7.85. The van der Waals surface area contributed by atoms with Gasteiger partial charge in [0.05, 0.1) is 11.1 Å². The van der Waals surface area contributed by atoms with E-state index in [-0.39, 0.29) is 19.1 Å². The van der Waals surface area contributed by atoms with Gasteiger partial charge in [0, 0.05) is 7.05 Å². The Labute approximate surface area is 138 Å². The number of primary amides is 1. The average molecular weight is 340 g/mol. The average Bonchev–Trinajstić information content (AvgIpc) is 2.53. The lowest BCUT2D eigenvalue weighted by molar-refractivity contribution is -0.135. The summed E-state index contributed by atoms with van der Waals surface area (Å²) in [5.74, 6) is 2.24. The number of carbonyl (C=O) groups is 2. The zero-order chi connectivity index (χ0) is 15.9. The lowest BCUT2D eigenvalue weighted by Gasteiger charge is -2.21. The number of likely N-dealkylation sites (N-methyl/N-ethyl adjacent to an activating group) is 1. The number of thioether (sulfide) groups is 2. The first-order valence-corrected chi connectivity index (χ1v) is 9.14. The van der Waals surface area contributed by atoms with E-state index in [9.17, 15) is 9.59 Å². The highest BCUT2D eigenvalue weighted by Gasteiger charge is 2.16. The van der Waals surface area contributed by atoms with Gasteiger partial charge in [0.25, 0.3) is 5.91 Å². The molecule has 0 bridgehead atoms. The number of rotatable bonds is 6. The van der Waals surface area contributed by atoms with Crippen molar-refractivity contribution in [1.82, 2.24) is 4.90 Å². The minimum absolute atomic E-state index is 0.0999. The van der Waals surface area contributed by atoms with E-state index >= 15 is 0 Å². The molecule has 2 rings (SSSR count). The maximum atomic E-state index is 11.8. The van der Waals surface area contributed by atoms with Crippen molar-refractivity contribution in [3.8, 4) is 5.75 Å². The van der Waals surface area contributed by atoms with Crippen LogP contribution in [0, 0.1) is 0 Å². The van der Waals surface area contributed by atoms with Crippen molar-refractivity contribution in [2.24, 2.45) is 5.73 Å². The molecule has 1 heterocycles. The zero-order valence-electron chi connectivity index (χ0n) is 12.5. The second-order valence-electron chi connectivity index (χ2n) is 5.00. The van der Waals surface area contributed by atoms with Crippen molar-refractivity contribution in [1.29, 1.82) is 0 Å². The fourth-order valence-electron chi connectivity index (χ4n) is 1.98. The normalized spacial score (nSPS) is 15.3. The van der Waals surface area contributed by atoms with Crippen LogP contribution < -0.4 is 10.5 Å². The third kappa shape index (κ3) is 5.14. The summed E-state index contributed by atoms with van der Waals surface area (Å²) in [7, 11) is 1.52. The number of ether oxygens (including phenoxy) is 1. The monoisotopic (exact) mass is 340 g/mol. The van der Waals surface area contributed by atoms with Gasteiger partial charge >= 0.3 is 0 Å². The first-order valence-electron chi connectivity index (χ1n) is 7.04. The highest BCUT2D eigenvalue weighted by Crippen LogP contribution is 2.43. The third-order valence-corrected chi connectivity index (χ3v) is 6.18. The molecule has 7 heteroatoms. The van der Waals surface area contributed by atoms with E-state index in [0.717, 1.165) is 0 Å². The lowest BCUT2D eigenvalue weighted by Crippen LogP contribution is -2.38. The molecule has 1 aromatic rings. The van der Waals surface area contributed by atoms with Crippen LogP contribution >= 0.6 is 23.5 Å². The largest absolute Gasteiger partial charge is 0.484 e. The van der Waals surface area contributed by atoms with Crippen molar-refractivity contribution < 1.29 is 14.3 Å². The Morgan fingerprint density at radius 1 is 1.27 bits per heavy atom. The number of hydrogen-bond donors (Lipinski definition) is 1. The molecule has 2 N–H and O–H groups in total. The Bertz CT molecular complexity index is 516. The Morgan fingerprint density at radius 3 is 2.50 bits per heavy atom. The molecule has 0 saturated carbocycles. The summed E-state index contributed by atoms with van der Waals surface area (Å²) in [4.78, 5) is 23.8. The van der Waals surface area contributed by atoms with Crippen LogP contribution in [0.15, 0.2) is 24.3 Å². The number of hydrogen-bond acceptors (Lipinski definition) is 5. The Hall–Kier alpha value is -1.34. The molecule has 1 fully saturated rings. The molecular weight excluding hydrogens is 320 g/mol. The summed E-state index contributed by atoms with van der Waals surface area (Å²) in [6.45, 7) is -0.201. The van der Waals surface area contributed by atoms with Crippen LogP contribution in [0.4, 0.5) is 0 Å². The highest BCUT2D eigenvalue weighted by molar-refractivity contribution is 8.16. The van der Waals surface area contributed by atoms with Crippen LogP contribution in [0.25, 0.3) is 0 Å². The van der Waals surface area contributed by atoms with Crippen molar-refractivity contribution in [3.63, 3.8) is 0 Å². The molecule has 0 unspecified atom stereocenters. The van der Waals surface area contributed by atoms with Crippen molar-refractivity contribution in [3.05, 3.63) is 29.8 Å². The van der Waals surface area contributed by atoms with Gasteiger partial charge in [0.1, 0.15) is 5.75 Å². The Kier molecular flexibility index (Phi) is 6.45. The van der Waals surface area contributed by atoms with Crippen LogP contribution in [0.5, 0.6) is 5.75 Å². The molecule has 22 heavy (non-hydrogen) atoms. The van der Waals surface area contributed by atoms with Gasteiger partial charge in [-0.25, -0.2) is 0 Å². The summed E-state index contributed by atoms with van der Waals surface area (Å²) in [5, 5.41) is 0. The van der Waals surface area contributed by atoms with Crippen molar-refractivity contribution in [2.45, 2.75) is 11.0 Å². The van der Waals surface area contributed by atoms with E-state index in [2.05, 4.69) is 0 Å². The number of carbonyl (C=O) groups excluding carboxylic acids is 2. The molecule has 1 aromatic carbocycles. The minimum atomic E-state index is -0.539. The molecule has 0 spiro atoms. The predicted octanol–water partition coefficient (Wildman–Crippen LogP) is 1.88. The van der Waals surface area contributed by atoms with E-state index in [1.165, 1.54) is 35.4 Å². The second kappa shape index (κ2) is 8.33. The molecule has 2 amide bonds. The Balaban J connectivity index is 1.83. The molecule has 0 atom stereocenters. The highest BCUT2D eigenvalue weighted by atomic mass is 32.2. The predicted molar refractivity (Wildman–Crippen MR) is 91.0 cm³/mol. The molecule has 1 aliphatic heterocycles. The number of nitrogens with two attached hydrogens (primary N) is 1. The number of benzene rings is 1. The van der Waals surface area contributed by atoms with Gasteiger partial charge in [-0.2, -0.15) is 0 Å². The van der Waals surface area contributed by atoms with Gasteiger partial charge in [0.15, 0.2) is 6.61 Å². The molecule has 5 nitrogen and oxygen atoms in total. The molecule has 0 radical (unpaired) electrons. The van der Waals surface area contributed by atoms with Crippen molar-refractivity contribution >= 4 is 35.3 Å². The second-order valence-corrected chi connectivity index (χ2v) is 7.73. The van der Waals surface area contributed by atoms with Crippen LogP contribution in [0.2, 0.25) is 0 Å². The molecule has 0 aromatic heterocycles. The molecule has 0 aliphatic carbocycles. The van der Waals surface area contributed by atoms with Gasteiger partial charge in [-0.15, -0.1) is 23.5 Å². The summed E-state index contributed by atoms with van der Waals surface area (Å²) >= 11 is 3.94. The smallest absolute Gasteiger partial charge is 0.260 e. The first-order chi connectivity index (χ1) is 10.6. The first kappa shape index (κ1) is 17.0. The standard InChI is InChI=1S/C15H20N2O3S2/c1-17(9-13(16)18)14(19)10-20-12-5-3-11(4-6-12)15-21-7-2-8-22-15/h3-6,15H,2,7-10H2,1H3,(H2,16,18). The summed E-state index contributed by atoms with van der Waals surface area (Å²) in [5.41, 5.74) is 6.33. The van der Waals surface area contributed by atoms with Gasteiger partial charge in [-0.3, -0.25) is 9.59 Å². The summed E-state index contributed by atoms with van der Waals surface area (Å²) in [6.07, 6.45) is 1.27. The van der Waals surface area contributed by atoms with Gasteiger partial charge < -0.3 is 15.4 Å². The quantitative estimate of drug-likeness (QED) is 0.856. The minimum Gasteiger partial charge on any atom is -0.484 e. The maximum Gasteiger partial charge on any atom is 0.260 e.